The minimum Gasteiger partial charge on any atom is -0.870 e. The number of carbonyl (C=O) groups is 3. The number of nitrogen functional groups attached to an aromatic ring is 1. The molecule has 0 saturated carbocycles. The van der Waals surface area contributed by atoms with Gasteiger partial charge in [0, 0.05) is 60.0 Å². The maximum atomic E-state index is 10.9. The van der Waals surface area contributed by atoms with Crippen LogP contribution >= 0.6 is 120 Å². The topological polar surface area (TPSA) is 258 Å². The van der Waals surface area contributed by atoms with Gasteiger partial charge in [-0.1, -0.05) is 129 Å². The van der Waals surface area contributed by atoms with E-state index in [1.807, 2.05) is 42.5 Å². The number of nitrogens with one attached hydrogen (secondary N) is 2. The van der Waals surface area contributed by atoms with Crippen LogP contribution in [0.5, 0.6) is 23.0 Å². The number of thiazole rings is 3. The van der Waals surface area contributed by atoms with E-state index in [0.29, 0.717) is 76.4 Å². The van der Waals surface area contributed by atoms with Crippen LogP contribution in [-0.2, 0) is 44.9 Å². The zero-order valence-corrected chi connectivity index (χ0v) is 57.7. The van der Waals surface area contributed by atoms with Gasteiger partial charge in [-0.25, -0.2) is 19.7 Å². The average Bonchev–Trinajstić information content (AvgIpc) is 1.94. The van der Waals surface area contributed by atoms with E-state index >= 15 is 0 Å². The molecule has 0 amide bonds. The molecule has 9 aromatic rings. The number of benzene rings is 6. The van der Waals surface area contributed by atoms with E-state index in [2.05, 4.69) is 77.8 Å². The first-order valence-electron chi connectivity index (χ1n) is 26.4. The zero-order valence-electron chi connectivity index (χ0n) is 49.1. The molecule has 0 spiro atoms. The Labute approximate surface area is 578 Å². The summed E-state index contributed by atoms with van der Waals surface area (Å²) in [6.07, 6.45) is 2.76. The molecular weight excluding hydrogens is 1380 g/mol. The summed E-state index contributed by atoms with van der Waals surface area (Å²) in [6, 6.07) is 30.5. The Balaban J connectivity index is 0.000000263. The van der Waals surface area contributed by atoms with Gasteiger partial charge in [-0.05, 0) is 138 Å². The number of hydrogen-bond acceptors (Lipinski definition) is 19. The molecule has 0 unspecified atom stereocenters. The maximum absolute atomic E-state index is 10.9. The Morgan fingerprint density at radius 3 is 1.43 bits per heavy atom. The van der Waals surface area contributed by atoms with E-state index in [1.54, 1.807) is 59.1 Å². The van der Waals surface area contributed by atoms with Gasteiger partial charge in [0.15, 0.2) is 25.7 Å². The quantitative estimate of drug-likeness (QED) is 0.0145. The van der Waals surface area contributed by atoms with Crippen molar-refractivity contribution in [2.24, 2.45) is 17.8 Å². The summed E-state index contributed by atoms with van der Waals surface area (Å²) >= 11 is 44.7. The number of ether oxygens (including phenoxy) is 3. The third kappa shape index (κ3) is 22.5. The maximum Gasteiger partial charge on any atom is 1.00 e. The summed E-state index contributed by atoms with van der Waals surface area (Å²) in [5, 5.41) is 39.8. The van der Waals surface area contributed by atoms with Gasteiger partial charge in [0.25, 0.3) is 12.9 Å². The zero-order chi connectivity index (χ0) is 63.6. The predicted octanol–water partition coefficient (Wildman–Crippen LogP) is 16.4. The van der Waals surface area contributed by atoms with Crippen LogP contribution in [0.4, 0.5) is 27.3 Å². The summed E-state index contributed by atoms with van der Waals surface area (Å²) in [5.74, 6) is 0.808. The standard InChI is InChI=1S/C21H20Cl2N2O3S.C20H18Cl2N2O3S.C13H12BrCl2NS.C8H9NO3.Li.H2O/c1-12(2)7-19-20(13-3-5-16(22)17(23)9-13)25-21(29-19)24-15-4-6-18(27)14(8-15)10-28-11-26;1-11(2)7-18-19(12-3-5-14(21)15(22)8-12)24-20(28-18)23-13-4-6-16(26)17(9-13)27-10-25;1-7(2)5-11-12(17-13(14)18-11)8-3-4-9(15)10(16)6-8;1-12-8(11)6-4-5(9)2-3-7(6)10;;/h3-6,8-9,11-12,27H,7,10H2,1-2H3,(H,24,25);3-6,8-11,26H,7H2,1-2H3,(H,23,24);3-4,6-7H,5H2,1-2H3;2-4,10H,9H2,1H3;;1H2/q;;;;+1;/p-1. The van der Waals surface area contributed by atoms with E-state index in [4.69, 9.17) is 94.8 Å². The van der Waals surface area contributed by atoms with Gasteiger partial charge >= 0.3 is 24.8 Å². The van der Waals surface area contributed by atoms with Gasteiger partial charge in [-0.2, -0.15) is 0 Å². The van der Waals surface area contributed by atoms with Gasteiger partial charge in [0.05, 0.1) is 54.3 Å². The first-order chi connectivity index (χ1) is 41.4. The first-order valence-corrected chi connectivity index (χ1v) is 31.9. The molecule has 0 saturated heterocycles. The summed E-state index contributed by atoms with van der Waals surface area (Å²) in [4.78, 5) is 49.5. The molecule has 466 valence electrons. The monoisotopic (exact) mass is 1440 g/mol. The molecule has 0 bridgehead atoms. The van der Waals surface area contributed by atoms with Crippen LogP contribution in [0.15, 0.2) is 113 Å². The number of nitrogens with zero attached hydrogens (tertiary/aromatic N) is 3. The Bertz CT molecular complexity index is 3860. The second kappa shape index (κ2) is 36.3. The van der Waals surface area contributed by atoms with Crippen molar-refractivity contribution in [1.82, 2.24) is 15.0 Å². The van der Waals surface area contributed by atoms with Crippen LogP contribution in [-0.4, -0.2) is 61.8 Å². The molecule has 3 heterocycles. The molecule has 0 atom stereocenters. The van der Waals surface area contributed by atoms with Gasteiger partial charge in [-0.3, -0.25) is 9.59 Å². The van der Waals surface area contributed by atoms with Gasteiger partial charge < -0.3 is 51.4 Å². The first kappa shape index (κ1) is 75.7. The number of nitrogens with two attached hydrogens (primary N) is 1. The molecule has 8 N–H and O–H groups in total. The van der Waals surface area contributed by atoms with Crippen LogP contribution in [0.3, 0.4) is 0 Å². The van der Waals surface area contributed by atoms with Crippen molar-refractivity contribution in [1.29, 1.82) is 0 Å². The molecule has 16 nitrogen and oxygen atoms in total. The van der Waals surface area contributed by atoms with Crippen LogP contribution in [0, 0.1) is 17.8 Å². The fourth-order valence-corrected chi connectivity index (χ4v) is 13.1. The second-order valence-corrected chi connectivity index (χ2v) is 27.1. The molecule has 9 rings (SSSR count). The third-order valence-corrected chi connectivity index (χ3v) is 17.6. The van der Waals surface area contributed by atoms with Crippen LogP contribution < -0.4 is 40.0 Å². The van der Waals surface area contributed by atoms with E-state index in [0.717, 1.165) is 77.5 Å². The summed E-state index contributed by atoms with van der Waals surface area (Å²) < 4.78 is 14.8. The number of carbonyl (C=O) groups excluding carboxylic acids is 3. The van der Waals surface area contributed by atoms with Crippen molar-refractivity contribution in [2.75, 3.05) is 23.5 Å². The summed E-state index contributed by atoms with van der Waals surface area (Å²) in [7, 11) is 1.24. The fraction of sp³-hybridized carbons (Fsp3) is 0.226. The van der Waals surface area contributed by atoms with Crippen molar-refractivity contribution in [3.8, 4) is 56.8 Å². The number of halogens is 7. The predicted molar refractivity (Wildman–Crippen MR) is 362 cm³/mol. The molecule has 6 aromatic carbocycles. The van der Waals surface area contributed by atoms with E-state index in [9.17, 15) is 29.7 Å². The van der Waals surface area contributed by atoms with Crippen molar-refractivity contribution in [3.05, 3.63) is 169 Å². The van der Waals surface area contributed by atoms with Gasteiger partial charge in [0.2, 0.25) is 0 Å². The SMILES string of the molecule is CC(C)Cc1sc(Br)nc1-c1ccc(Cl)c(Cl)c1.CC(C)Cc1sc(Nc2ccc(O)c(COC=O)c2)nc1-c1ccc(Cl)c(Cl)c1.CC(C)Cc1sc(Nc2ccc(O)c(OC=O)c2)nc1-c1ccc(Cl)c(Cl)c1.COC(=O)c1cc(N)ccc1O.[Li+].[OH-]. The molecule has 3 aromatic heterocycles. The van der Waals surface area contributed by atoms with Gasteiger partial charge in [-0.15, -0.1) is 34.0 Å². The Kier molecular flexibility index (Phi) is 30.9. The summed E-state index contributed by atoms with van der Waals surface area (Å²) in [6.45, 7) is 13.6. The fourth-order valence-electron chi connectivity index (χ4n) is 7.98. The number of rotatable bonds is 19. The molecule has 0 aliphatic rings. The number of hydrogen-bond donors (Lipinski definition) is 6. The second-order valence-electron chi connectivity index (χ2n) is 20.2. The minimum atomic E-state index is -0.597. The van der Waals surface area contributed by atoms with E-state index in [-0.39, 0.29) is 66.0 Å². The Hall–Kier alpha value is -5.80. The van der Waals surface area contributed by atoms with Crippen molar-refractivity contribution in [2.45, 2.75) is 67.4 Å². The molecule has 0 radical (unpaired) electrons. The number of aromatic nitrogens is 3. The van der Waals surface area contributed by atoms with E-state index < -0.39 is 5.97 Å². The van der Waals surface area contributed by atoms with Crippen molar-refractivity contribution in [3.63, 3.8) is 0 Å². The molecule has 0 fully saturated rings. The summed E-state index contributed by atoms with van der Waals surface area (Å²) in [5.41, 5.74) is 13.3. The minimum absolute atomic E-state index is 0. The molecule has 0 aliphatic heterocycles. The van der Waals surface area contributed by atoms with E-state index in [1.165, 1.54) is 53.7 Å². The average molecular weight is 1440 g/mol. The van der Waals surface area contributed by atoms with Gasteiger partial charge in [0.1, 0.15) is 23.7 Å². The van der Waals surface area contributed by atoms with Crippen LogP contribution in [0.1, 0.15) is 72.1 Å². The molecular formula is C62H60BrCl6LiN6O10S3. The molecule has 0 aliphatic carbocycles. The molecule has 89 heavy (non-hydrogen) atoms. The smallest absolute Gasteiger partial charge is 0.870 e. The van der Waals surface area contributed by atoms with Crippen LogP contribution in [0.2, 0.25) is 30.1 Å². The molecule has 27 heteroatoms. The Morgan fingerprint density at radius 1 is 0.573 bits per heavy atom. The van der Waals surface area contributed by atoms with Crippen LogP contribution in [0.25, 0.3) is 33.8 Å². The number of methoxy groups -OCH3 is 1. The number of phenolic OH excluding ortho intramolecular Hbond substituents is 3. The Morgan fingerprint density at radius 2 is 1.00 bits per heavy atom. The van der Waals surface area contributed by atoms with Crippen molar-refractivity contribution < 1.29 is 68.3 Å². The number of anilines is 5. The third-order valence-electron chi connectivity index (χ3n) is 11.9. The van der Waals surface area contributed by atoms with Crippen molar-refractivity contribution >= 4 is 166 Å². The normalized spacial score (nSPS) is 10.5. The number of esters is 1. The number of phenols is 3. The largest absolute Gasteiger partial charge is 1.00 e. The number of aromatic hydroxyl groups is 3.